The normalized spacial score (nSPS) is 11.2. The van der Waals surface area contributed by atoms with Crippen molar-refractivity contribution in [1.82, 2.24) is 25.0 Å². The molecule has 0 aliphatic carbocycles. The van der Waals surface area contributed by atoms with Crippen LogP contribution in [0.4, 0.5) is 4.39 Å². The molecule has 0 spiro atoms. The molecule has 0 atom stereocenters. The van der Waals surface area contributed by atoms with Crippen molar-refractivity contribution >= 4 is 41.7 Å². The third kappa shape index (κ3) is 8.34. The molecule has 28 heavy (non-hydrogen) atoms. The van der Waals surface area contributed by atoms with Crippen LogP contribution in [0.3, 0.4) is 0 Å². The fraction of sp³-hybridized carbons (Fsp3) is 0.526. The summed E-state index contributed by atoms with van der Waals surface area (Å²) in [5.74, 6) is 2.71. The Kier molecular flexibility index (Phi) is 12.1. The van der Waals surface area contributed by atoms with Gasteiger partial charge in [-0.2, -0.15) is 11.8 Å². The summed E-state index contributed by atoms with van der Waals surface area (Å²) in [5, 5.41) is 11.5. The number of nitrogens with one attached hydrogen (secondary N) is 1. The van der Waals surface area contributed by atoms with Gasteiger partial charge in [-0.3, -0.25) is 4.99 Å². The second-order valence-electron chi connectivity index (χ2n) is 6.26. The van der Waals surface area contributed by atoms with Crippen LogP contribution < -0.4 is 5.32 Å². The van der Waals surface area contributed by atoms with Gasteiger partial charge in [-0.05, 0) is 36.1 Å². The second-order valence-corrected chi connectivity index (χ2v) is 7.24. The predicted molar refractivity (Wildman–Crippen MR) is 126 cm³/mol. The van der Waals surface area contributed by atoms with Crippen molar-refractivity contribution in [2.24, 2.45) is 4.99 Å². The highest BCUT2D eigenvalue weighted by Crippen LogP contribution is 2.06. The molecule has 0 bridgehead atoms. The summed E-state index contributed by atoms with van der Waals surface area (Å²) < 4.78 is 15.2. The molecule has 0 unspecified atom stereocenters. The Morgan fingerprint density at radius 3 is 2.75 bits per heavy atom. The van der Waals surface area contributed by atoms with Crippen LogP contribution in [0.2, 0.25) is 0 Å². The van der Waals surface area contributed by atoms with Crippen LogP contribution >= 0.6 is 35.7 Å². The zero-order valence-corrected chi connectivity index (χ0v) is 19.9. The van der Waals surface area contributed by atoms with E-state index < -0.39 is 0 Å². The van der Waals surface area contributed by atoms with E-state index in [0.29, 0.717) is 6.54 Å². The molecule has 0 radical (unpaired) electrons. The Bertz CT molecular complexity index is 707. The molecule has 0 saturated heterocycles. The minimum absolute atomic E-state index is 0. The lowest BCUT2D eigenvalue weighted by Gasteiger charge is -2.23. The number of thioether (sulfide) groups is 1. The molecule has 9 heteroatoms. The van der Waals surface area contributed by atoms with Gasteiger partial charge in [-0.15, -0.1) is 34.2 Å². The van der Waals surface area contributed by atoms with Gasteiger partial charge < -0.3 is 14.8 Å². The predicted octanol–water partition coefficient (Wildman–Crippen LogP) is 3.43. The lowest BCUT2D eigenvalue weighted by molar-refractivity contribution is 0.470. The third-order valence-corrected chi connectivity index (χ3v) is 4.81. The highest BCUT2D eigenvalue weighted by molar-refractivity contribution is 14.0. The Balaban J connectivity index is 0.00000392. The molecule has 0 saturated carbocycles. The van der Waals surface area contributed by atoms with E-state index >= 15 is 0 Å². The summed E-state index contributed by atoms with van der Waals surface area (Å²) >= 11 is 1.83. The Labute approximate surface area is 188 Å². The van der Waals surface area contributed by atoms with Crippen LogP contribution in [0.5, 0.6) is 0 Å². The molecule has 156 valence electrons. The van der Waals surface area contributed by atoms with Gasteiger partial charge in [0.05, 0.1) is 0 Å². The van der Waals surface area contributed by atoms with Gasteiger partial charge in [0.1, 0.15) is 18.0 Å². The first-order valence-corrected chi connectivity index (χ1v) is 10.6. The molecule has 1 aromatic heterocycles. The standard InChI is InChI=1S/C19H29FN6S.HI/c1-4-18-24-23-15-26(18)12-11-22-19(21-10-5-13-27-3)25(2)14-16-6-8-17(20)9-7-16;/h6-9,15H,4-5,10-14H2,1-3H3,(H,21,22);1H. The summed E-state index contributed by atoms with van der Waals surface area (Å²) in [6, 6.07) is 6.60. The third-order valence-electron chi connectivity index (χ3n) is 4.11. The molecule has 0 fully saturated rings. The maximum absolute atomic E-state index is 13.1. The van der Waals surface area contributed by atoms with Gasteiger partial charge in [-0.1, -0.05) is 19.1 Å². The van der Waals surface area contributed by atoms with Gasteiger partial charge in [0.2, 0.25) is 0 Å². The highest BCUT2D eigenvalue weighted by Gasteiger charge is 2.08. The number of nitrogens with zero attached hydrogens (tertiary/aromatic N) is 5. The topological polar surface area (TPSA) is 58.3 Å². The first-order valence-electron chi connectivity index (χ1n) is 9.23. The van der Waals surface area contributed by atoms with Crippen LogP contribution in [-0.2, 0) is 19.5 Å². The average Bonchev–Trinajstić information content (AvgIpc) is 3.13. The second kappa shape index (κ2) is 13.8. The molecular weight excluding hydrogens is 490 g/mol. The van der Waals surface area contributed by atoms with Crippen molar-refractivity contribution in [3.05, 3.63) is 47.8 Å². The van der Waals surface area contributed by atoms with Crippen LogP contribution in [-0.4, -0.2) is 57.8 Å². The van der Waals surface area contributed by atoms with E-state index in [4.69, 9.17) is 4.99 Å². The fourth-order valence-corrected chi connectivity index (χ4v) is 3.09. The van der Waals surface area contributed by atoms with Crippen LogP contribution in [0.25, 0.3) is 0 Å². The number of aryl methyl sites for hydroxylation is 1. The van der Waals surface area contributed by atoms with E-state index in [-0.39, 0.29) is 29.8 Å². The van der Waals surface area contributed by atoms with E-state index in [1.807, 2.05) is 30.9 Å². The molecule has 6 nitrogen and oxygen atoms in total. The number of guanidine groups is 1. The van der Waals surface area contributed by atoms with Crippen molar-refractivity contribution < 1.29 is 4.39 Å². The summed E-state index contributed by atoms with van der Waals surface area (Å²) in [6.45, 7) is 5.04. The highest BCUT2D eigenvalue weighted by atomic mass is 127. The monoisotopic (exact) mass is 520 g/mol. The van der Waals surface area contributed by atoms with Crippen molar-refractivity contribution in [3.63, 3.8) is 0 Å². The van der Waals surface area contributed by atoms with Crippen molar-refractivity contribution in [1.29, 1.82) is 0 Å². The minimum atomic E-state index is -0.217. The molecule has 1 heterocycles. The zero-order chi connectivity index (χ0) is 19.5. The molecule has 0 amide bonds. The first-order chi connectivity index (χ1) is 13.1. The number of rotatable bonds is 10. The van der Waals surface area contributed by atoms with Gasteiger partial charge in [0.25, 0.3) is 0 Å². The Morgan fingerprint density at radius 1 is 1.32 bits per heavy atom. The fourth-order valence-electron chi connectivity index (χ4n) is 2.67. The quantitative estimate of drug-likeness (QED) is 0.225. The number of hydrogen-bond donors (Lipinski definition) is 1. The van der Waals surface area contributed by atoms with Crippen LogP contribution in [0, 0.1) is 5.82 Å². The molecule has 1 N–H and O–H groups in total. The number of hydrogen-bond acceptors (Lipinski definition) is 4. The molecule has 0 aliphatic rings. The lowest BCUT2D eigenvalue weighted by atomic mass is 10.2. The van der Waals surface area contributed by atoms with E-state index in [0.717, 1.165) is 55.6 Å². The molecule has 2 aromatic rings. The van der Waals surface area contributed by atoms with Crippen molar-refractivity contribution in [2.45, 2.75) is 32.9 Å². The van der Waals surface area contributed by atoms with Gasteiger partial charge in [-0.25, -0.2) is 4.39 Å². The summed E-state index contributed by atoms with van der Waals surface area (Å²) in [7, 11) is 2.00. The number of aliphatic imine (C=N–C) groups is 1. The molecule has 1 aromatic carbocycles. The Hall–Kier alpha value is -1.36. The van der Waals surface area contributed by atoms with Crippen LogP contribution in [0.1, 0.15) is 24.7 Å². The van der Waals surface area contributed by atoms with E-state index in [1.54, 1.807) is 6.33 Å². The number of aromatic nitrogens is 3. The smallest absolute Gasteiger partial charge is 0.194 e. The number of benzene rings is 1. The summed E-state index contributed by atoms with van der Waals surface area (Å²) in [6.07, 6.45) is 5.77. The summed E-state index contributed by atoms with van der Waals surface area (Å²) in [5.41, 5.74) is 1.05. The van der Waals surface area contributed by atoms with Gasteiger partial charge >= 0.3 is 0 Å². The number of halogens is 2. The molecular formula is C19H30FIN6S. The maximum Gasteiger partial charge on any atom is 0.194 e. The van der Waals surface area contributed by atoms with Crippen molar-refractivity contribution in [3.8, 4) is 0 Å². The largest absolute Gasteiger partial charge is 0.354 e. The van der Waals surface area contributed by atoms with Crippen molar-refractivity contribution in [2.75, 3.05) is 32.1 Å². The van der Waals surface area contributed by atoms with E-state index in [1.165, 1.54) is 12.1 Å². The maximum atomic E-state index is 13.1. The minimum Gasteiger partial charge on any atom is -0.354 e. The molecule has 0 aliphatic heterocycles. The van der Waals surface area contributed by atoms with Gasteiger partial charge in [0.15, 0.2) is 5.96 Å². The Morgan fingerprint density at radius 2 is 2.07 bits per heavy atom. The summed E-state index contributed by atoms with van der Waals surface area (Å²) in [4.78, 5) is 6.81. The zero-order valence-electron chi connectivity index (χ0n) is 16.8. The molecule has 2 rings (SSSR count). The first kappa shape index (κ1) is 24.7. The van der Waals surface area contributed by atoms with Crippen LogP contribution in [0.15, 0.2) is 35.6 Å². The lowest BCUT2D eigenvalue weighted by Crippen LogP contribution is -2.40. The average molecular weight is 520 g/mol. The van der Waals surface area contributed by atoms with E-state index in [9.17, 15) is 4.39 Å². The SMILES string of the molecule is CCc1nncn1CCNC(=NCCCSC)N(C)Cc1ccc(F)cc1.I. The van der Waals surface area contributed by atoms with Gasteiger partial charge in [0, 0.05) is 39.6 Å². The van der Waals surface area contributed by atoms with E-state index in [2.05, 4.69) is 38.2 Å².